The van der Waals surface area contributed by atoms with Crippen molar-refractivity contribution in [3.63, 3.8) is 0 Å². The Morgan fingerprint density at radius 3 is 2.78 bits per heavy atom. The lowest BCUT2D eigenvalue weighted by atomic mass is 9.71. The molecule has 100 valence electrons. The van der Waals surface area contributed by atoms with Crippen LogP contribution >= 0.6 is 12.4 Å². The Morgan fingerprint density at radius 2 is 2.06 bits per heavy atom. The molecule has 0 bridgehead atoms. The molecule has 0 unspecified atom stereocenters. The van der Waals surface area contributed by atoms with Crippen LogP contribution in [0.1, 0.15) is 41.9 Å². The zero-order chi connectivity index (χ0) is 11.8. The van der Waals surface area contributed by atoms with Crippen LogP contribution in [0.3, 0.4) is 0 Å². The topological polar surface area (TPSA) is 21.3 Å². The van der Waals surface area contributed by atoms with Crippen molar-refractivity contribution < 1.29 is 4.74 Å². The van der Waals surface area contributed by atoms with Gasteiger partial charge in [0.2, 0.25) is 0 Å². The first-order valence-electron chi connectivity index (χ1n) is 6.71. The third kappa shape index (κ3) is 2.02. The average molecular weight is 268 g/mol. The fourth-order valence-corrected chi connectivity index (χ4v) is 3.73. The molecule has 2 atom stereocenters. The van der Waals surface area contributed by atoms with E-state index in [9.17, 15) is 0 Å². The number of nitrogens with one attached hydrogen (secondary N) is 1. The number of rotatable bonds is 2. The lowest BCUT2D eigenvalue weighted by Crippen LogP contribution is -2.38. The Labute approximate surface area is 116 Å². The van der Waals surface area contributed by atoms with Crippen molar-refractivity contribution in [1.82, 2.24) is 5.32 Å². The van der Waals surface area contributed by atoms with Gasteiger partial charge in [0.15, 0.2) is 0 Å². The number of ether oxygens (including phenoxy) is 1. The number of methoxy groups -OCH3 is 1. The van der Waals surface area contributed by atoms with Gasteiger partial charge in [-0.25, -0.2) is 0 Å². The van der Waals surface area contributed by atoms with E-state index in [2.05, 4.69) is 24.5 Å². The summed E-state index contributed by atoms with van der Waals surface area (Å²) in [6.45, 7) is 0. The molecule has 0 spiro atoms. The summed E-state index contributed by atoms with van der Waals surface area (Å²) in [5, 5.41) is 3.50. The third-order valence-corrected chi connectivity index (χ3v) is 4.52. The van der Waals surface area contributed by atoms with E-state index in [0.29, 0.717) is 12.0 Å². The van der Waals surface area contributed by atoms with Gasteiger partial charge < -0.3 is 10.1 Å². The molecular formula is C15H22ClNO. The van der Waals surface area contributed by atoms with E-state index in [0.717, 1.165) is 5.75 Å². The normalized spacial score (nSPS) is 25.0. The summed E-state index contributed by atoms with van der Waals surface area (Å²) in [4.78, 5) is 0. The van der Waals surface area contributed by atoms with Crippen LogP contribution < -0.4 is 10.1 Å². The molecule has 0 aliphatic heterocycles. The molecular weight excluding hydrogens is 246 g/mol. The molecule has 18 heavy (non-hydrogen) atoms. The van der Waals surface area contributed by atoms with Crippen LogP contribution in [0.25, 0.3) is 0 Å². The molecule has 0 heterocycles. The van der Waals surface area contributed by atoms with Crippen molar-refractivity contribution in [3.05, 3.63) is 28.8 Å². The molecule has 0 saturated heterocycles. The minimum Gasteiger partial charge on any atom is -0.496 e. The van der Waals surface area contributed by atoms with Gasteiger partial charge in [-0.1, -0.05) is 6.07 Å². The number of hydrogen-bond acceptors (Lipinski definition) is 2. The highest BCUT2D eigenvalue weighted by molar-refractivity contribution is 5.85. The molecule has 1 N–H and O–H groups in total. The molecule has 0 saturated carbocycles. The van der Waals surface area contributed by atoms with Crippen LogP contribution in [-0.2, 0) is 12.8 Å². The summed E-state index contributed by atoms with van der Waals surface area (Å²) >= 11 is 0. The summed E-state index contributed by atoms with van der Waals surface area (Å²) < 4.78 is 5.53. The highest BCUT2D eigenvalue weighted by Gasteiger charge is 2.33. The molecule has 1 aromatic carbocycles. The van der Waals surface area contributed by atoms with Crippen molar-refractivity contribution in [1.29, 1.82) is 0 Å². The van der Waals surface area contributed by atoms with Crippen molar-refractivity contribution in [3.8, 4) is 5.75 Å². The second-order valence-corrected chi connectivity index (χ2v) is 5.25. The molecule has 1 aromatic rings. The van der Waals surface area contributed by atoms with Gasteiger partial charge in [0.1, 0.15) is 5.75 Å². The second kappa shape index (κ2) is 5.50. The first kappa shape index (κ1) is 13.7. The van der Waals surface area contributed by atoms with Crippen LogP contribution in [0.5, 0.6) is 5.75 Å². The van der Waals surface area contributed by atoms with Gasteiger partial charge in [-0.15, -0.1) is 12.4 Å². The van der Waals surface area contributed by atoms with Crippen LogP contribution in [0.15, 0.2) is 12.1 Å². The third-order valence-electron chi connectivity index (χ3n) is 4.52. The zero-order valence-electron chi connectivity index (χ0n) is 11.2. The smallest absolute Gasteiger partial charge is 0.122 e. The van der Waals surface area contributed by atoms with Gasteiger partial charge in [-0.05, 0) is 67.8 Å². The van der Waals surface area contributed by atoms with Crippen molar-refractivity contribution in [2.75, 3.05) is 14.2 Å². The maximum Gasteiger partial charge on any atom is 0.122 e. The molecule has 0 aromatic heterocycles. The van der Waals surface area contributed by atoms with Crippen molar-refractivity contribution >= 4 is 12.4 Å². The maximum atomic E-state index is 5.53. The first-order valence-corrected chi connectivity index (χ1v) is 6.71. The summed E-state index contributed by atoms with van der Waals surface area (Å²) in [5.74, 6) is 1.81. The van der Waals surface area contributed by atoms with Gasteiger partial charge in [-0.2, -0.15) is 0 Å². The fourth-order valence-electron chi connectivity index (χ4n) is 3.73. The highest BCUT2D eigenvalue weighted by atomic mass is 35.5. The number of benzene rings is 1. The maximum absolute atomic E-state index is 5.53. The van der Waals surface area contributed by atoms with Crippen molar-refractivity contribution in [2.24, 2.45) is 0 Å². The van der Waals surface area contributed by atoms with Gasteiger partial charge in [0, 0.05) is 6.04 Å². The summed E-state index contributed by atoms with van der Waals surface area (Å²) in [5.41, 5.74) is 4.67. The SMILES string of the molecule is CN[C@@H]1CCc2ccc(OC)c3c2[C@H]1CCC3.Cl. The summed E-state index contributed by atoms with van der Waals surface area (Å²) in [6.07, 6.45) is 6.32. The Kier molecular flexibility index (Phi) is 4.18. The van der Waals surface area contributed by atoms with E-state index in [-0.39, 0.29) is 12.4 Å². The fraction of sp³-hybridized carbons (Fsp3) is 0.600. The molecule has 0 amide bonds. The predicted octanol–water partition coefficient (Wildman–Crippen LogP) is 3.07. The molecule has 3 rings (SSSR count). The van der Waals surface area contributed by atoms with E-state index in [1.54, 1.807) is 18.2 Å². The molecule has 2 nitrogen and oxygen atoms in total. The Hall–Kier alpha value is -0.730. The zero-order valence-corrected chi connectivity index (χ0v) is 12.0. The number of halogens is 1. The lowest BCUT2D eigenvalue weighted by molar-refractivity contribution is 0.358. The van der Waals surface area contributed by atoms with E-state index in [1.165, 1.54) is 37.7 Å². The standard InChI is InChI=1S/C15H21NO.ClH/c1-16-13-8-6-10-7-9-14(17-2)12-5-3-4-11(13)15(10)12;/h7,9,11,13,16H,3-6,8H2,1-2H3;1H/t11-,13+;/m0./s1. The minimum atomic E-state index is 0. The van der Waals surface area contributed by atoms with Crippen LogP contribution in [0, 0.1) is 0 Å². The summed E-state index contributed by atoms with van der Waals surface area (Å²) in [7, 11) is 3.89. The number of aryl methyl sites for hydroxylation is 1. The quantitative estimate of drug-likeness (QED) is 0.889. The molecule has 3 heteroatoms. The van der Waals surface area contributed by atoms with E-state index in [4.69, 9.17) is 4.74 Å². The minimum absolute atomic E-state index is 0. The van der Waals surface area contributed by atoms with Crippen LogP contribution in [0.2, 0.25) is 0 Å². The molecule has 2 aliphatic carbocycles. The van der Waals surface area contributed by atoms with Crippen molar-refractivity contribution in [2.45, 2.75) is 44.1 Å². The lowest BCUT2D eigenvalue weighted by Gasteiger charge is -2.38. The largest absolute Gasteiger partial charge is 0.496 e. The van der Waals surface area contributed by atoms with E-state index in [1.807, 2.05) is 0 Å². The van der Waals surface area contributed by atoms with Gasteiger partial charge in [0.25, 0.3) is 0 Å². The molecule has 0 fully saturated rings. The Balaban J connectivity index is 0.00000120. The highest BCUT2D eigenvalue weighted by Crippen LogP contribution is 2.44. The van der Waals surface area contributed by atoms with Crippen LogP contribution in [-0.4, -0.2) is 20.2 Å². The second-order valence-electron chi connectivity index (χ2n) is 5.25. The predicted molar refractivity (Wildman–Crippen MR) is 77.1 cm³/mol. The van der Waals surface area contributed by atoms with Crippen LogP contribution in [0.4, 0.5) is 0 Å². The summed E-state index contributed by atoms with van der Waals surface area (Å²) in [6, 6.07) is 5.10. The molecule has 2 aliphatic rings. The van der Waals surface area contributed by atoms with E-state index >= 15 is 0 Å². The van der Waals surface area contributed by atoms with E-state index < -0.39 is 0 Å². The van der Waals surface area contributed by atoms with Gasteiger partial charge in [0.05, 0.1) is 7.11 Å². The molecule has 0 radical (unpaired) electrons. The van der Waals surface area contributed by atoms with Gasteiger partial charge in [-0.3, -0.25) is 0 Å². The monoisotopic (exact) mass is 267 g/mol. The Bertz CT molecular complexity index is 433. The number of hydrogen-bond donors (Lipinski definition) is 1. The number of likely N-dealkylation sites (N-methyl/N-ethyl adjacent to an activating group) is 1. The Morgan fingerprint density at radius 1 is 1.22 bits per heavy atom. The van der Waals surface area contributed by atoms with Gasteiger partial charge >= 0.3 is 0 Å². The average Bonchev–Trinajstić information content (AvgIpc) is 2.40. The first-order chi connectivity index (χ1) is 8.35.